The molecule has 21 heavy (non-hydrogen) atoms. The van der Waals surface area contributed by atoms with Crippen molar-refractivity contribution in [2.45, 2.75) is 24.7 Å². The standard InChI is InChI=1S/C13H15NO5S2/c1-8-6-9(2)20-13(8)21(16,17)14-12(15)11-10(7-18-3)4-5-19-11/h4-6H,7H2,1-3H3,(H,14,15). The minimum atomic E-state index is -3.91. The highest BCUT2D eigenvalue weighted by Crippen LogP contribution is 2.26. The molecular formula is C13H15NO5S2. The van der Waals surface area contributed by atoms with Gasteiger partial charge < -0.3 is 9.15 Å². The van der Waals surface area contributed by atoms with Crippen LogP contribution in [-0.4, -0.2) is 21.4 Å². The van der Waals surface area contributed by atoms with Gasteiger partial charge in [0.05, 0.1) is 12.9 Å². The highest BCUT2D eigenvalue weighted by atomic mass is 32.2. The summed E-state index contributed by atoms with van der Waals surface area (Å²) >= 11 is 1.12. The van der Waals surface area contributed by atoms with Crippen LogP contribution in [0, 0.1) is 13.8 Å². The molecule has 0 aliphatic rings. The number of methoxy groups -OCH3 is 1. The number of furan rings is 1. The van der Waals surface area contributed by atoms with Gasteiger partial charge in [-0.05, 0) is 31.5 Å². The first-order valence-electron chi connectivity index (χ1n) is 6.04. The Morgan fingerprint density at radius 1 is 1.43 bits per heavy atom. The van der Waals surface area contributed by atoms with Crippen LogP contribution in [0.5, 0.6) is 0 Å². The van der Waals surface area contributed by atoms with E-state index >= 15 is 0 Å². The third-order valence-corrected chi connectivity index (χ3v) is 5.84. The maximum atomic E-state index is 12.2. The van der Waals surface area contributed by atoms with Crippen molar-refractivity contribution >= 4 is 27.3 Å². The Balaban J connectivity index is 2.26. The third kappa shape index (κ3) is 3.34. The predicted molar refractivity (Wildman–Crippen MR) is 77.9 cm³/mol. The first-order chi connectivity index (χ1) is 9.85. The van der Waals surface area contributed by atoms with E-state index in [1.807, 2.05) is 11.6 Å². The SMILES string of the molecule is COCc1ccoc1C(=O)NS(=O)(=O)c1sc(C)cc1C. The quantitative estimate of drug-likeness (QED) is 0.909. The number of hydrogen-bond donors (Lipinski definition) is 1. The first-order valence-corrected chi connectivity index (χ1v) is 8.34. The van der Waals surface area contributed by atoms with Crippen molar-refractivity contribution in [3.63, 3.8) is 0 Å². The van der Waals surface area contributed by atoms with E-state index in [1.165, 1.54) is 13.4 Å². The number of amides is 1. The number of nitrogens with one attached hydrogen (secondary N) is 1. The minimum Gasteiger partial charge on any atom is -0.459 e. The molecule has 0 spiro atoms. The minimum absolute atomic E-state index is 0.0636. The van der Waals surface area contributed by atoms with Crippen LogP contribution in [0.15, 0.2) is 27.0 Å². The van der Waals surface area contributed by atoms with Gasteiger partial charge in [0, 0.05) is 17.6 Å². The molecule has 0 radical (unpaired) electrons. The highest BCUT2D eigenvalue weighted by molar-refractivity contribution is 7.92. The number of carbonyl (C=O) groups is 1. The molecule has 2 heterocycles. The molecule has 1 N–H and O–H groups in total. The maximum absolute atomic E-state index is 12.2. The van der Waals surface area contributed by atoms with Crippen LogP contribution in [0.4, 0.5) is 0 Å². The summed E-state index contributed by atoms with van der Waals surface area (Å²) in [5.41, 5.74) is 1.10. The van der Waals surface area contributed by atoms with Crippen LogP contribution in [0.25, 0.3) is 0 Å². The van der Waals surface area contributed by atoms with Crippen molar-refractivity contribution in [3.8, 4) is 0 Å². The average Bonchev–Trinajstić information content (AvgIpc) is 2.96. The zero-order valence-electron chi connectivity index (χ0n) is 11.8. The fourth-order valence-electron chi connectivity index (χ4n) is 1.91. The van der Waals surface area contributed by atoms with Crippen molar-refractivity contribution in [2.75, 3.05) is 7.11 Å². The number of carbonyl (C=O) groups excluding carboxylic acids is 1. The molecule has 0 aliphatic heterocycles. The molecule has 0 unspecified atom stereocenters. The first kappa shape index (κ1) is 15.7. The van der Waals surface area contributed by atoms with Crippen molar-refractivity contribution in [3.05, 3.63) is 40.2 Å². The lowest BCUT2D eigenvalue weighted by molar-refractivity contribution is 0.0948. The molecule has 0 aliphatic carbocycles. The van der Waals surface area contributed by atoms with Crippen LogP contribution in [0.1, 0.15) is 26.6 Å². The summed E-state index contributed by atoms with van der Waals surface area (Å²) in [6.07, 6.45) is 1.32. The molecule has 0 saturated carbocycles. The van der Waals surface area contributed by atoms with E-state index in [9.17, 15) is 13.2 Å². The zero-order valence-corrected chi connectivity index (χ0v) is 13.4. The molecular weight excluding hydrogens is 314 g/mol. The van der Waals surface area contributed by atoms with Gasteiger partial charge in [-0.3, -0.25) is 4.79 Å². The van der Waals surface area contributed by atoms with Crippen molar-refractivity contribution in [1.29, 1.82) is 0 Å². The number of ether oxygens (including phenoxy) is 1. The molecule has 8 heteroatoms. The van der Waals surface area contributed by atoms with Crippen LogP contribution >= 0.6 is 11.3 Å². The Morgan fingerprint density at radius 2 is 2.14 bits per heavy atom. The number of rotatable bonds is 5. The molecule has 0 saturated heterocycles. The summed E-state index contributed by atoms with van der Waals surface area (Å²) in [6, 6.07) is 3.32. The van der Waals surface area contributed by atoms with Gasteiger partial charge >= 0.3 is 5.91 Å². The van der Waals surface area contributed by atoms with E-state index in [0.29, 0.717) is 11.1 Å². The van der Waals surface area contributed by atoms with E-state index in [1.54, 1.807) is 19.1 Å². The van der Waals surface area contributed by atoms with E-state index in [0.717, 1.165) is 16.2 Å². The van der Waals surface area contributed by atoms with E-state index in [-0.39, 0.29) is 16.6 Å². The average molecular weight is 329 g/mol. The molecule has 0 atom stereocenters. The number of sulfonamides is 1. The van der Waals surface area contributed by atoms with Crippen LogP contribution in [-0.2, 0) is 21.4 Å². The van der Waals surface area contributed by atoms with E-state index < -0.39 is 15.9 Å². The lowest BCUT2D eigenvalue weighted by atomic mass is 10.2. The van der Waals surface area contributed by atoms with Gasteiger partial charge in [0.25, 0.3) is 10.0 Å². The maximum Gasteiger partial charge on any atom is 0.301 e. The fourth-order valence-corrected chi connectivity index (χ4v) is 4.52. The molecule has 2 aromatic rings. The summed E-state index contributed by atoms with van der Waals surface area (Å²) in [4.78, 5) is 12.9. The lowest BCUT2D eigenvalue weighted by Gasteiger charge is -2.06. The second-order valence-corrected chi connectivity index (χ2v) is 7.60. The van der Waals surface area contributed by atoms with Gasteiger partial charge in [-0.1, -0.05) is 0 Å². The summed E-state index contributed by atoms with van der Waals surface area (Å²) < 4.78 is 36.6. The Morgan fingerprint density at radius 3 is 2.71 bits per heavy atom. The van der Waals surface area contributed by atoms with Gasteiger partial charge in [0.2, 0.25) is 0 Å². The fraction of sp³-hybridized carbons (Fsp3) is 0.308. The summed E-state index contributed by atoms with van der Waals surface area (Å²) in [5.74, 6) is -0.871. The molecule has 6 nitrogen and oxygen atoms in total. The normalized spacial score (nSPS) is 11.6. The number of hydrogen-bond acceptors (Lipinski definition) is 6. The topological polar surface area (TPSA) is 85.6 Å². The Bertz CT molecular complexity index is 757. The predicted octanol–water partition coefficient (Wildman–Crippen LogP) is 2.22. The van der Waals surface area contributed by atoms with Crippen LogP contribution in [0.3, 0.4) is 0 Å². The van der Waals surface area contributed by atoms with Gasteiger partial charge in [0.15, 0.2) is 5.76 Å². The highest BCUT2D eigenvalue weighted by Gasteiger charge is 2.25. The molecule has 0 aromatic carbocycles. The molecule has 0 fully saturated rings. The Hall–Kier alpha value is -1.64. The number of aryl methyl sites for hydroxylation is 2. The largest absolute Gasteiger partial charge is 0.459 e. The second-order valence-electron chi connectivity index (χ2n) is 4.47. The van der Waals surface area contributed by atoms with Gasteiger partial charge in [0.1, 0.15) is 4.21 Å². The molecule has 2 rings (SSSR count). The second kappa shape index (κ2) is 6.00. The summed E-state index contributed by atoms with van der Waals surface area (Å²) in [6.45, 7) is 3.66. The number of thiophene rings is 1. The lowest BCUT2D eigenvalue weighted by Crippen LogP contribution is -2.30. The van der Waals surface area contributed by atoms with Gasteiger partial charge in [-0.2, -0.15) is 0 Å². The monoisotopic (exact) mass is 329 g/mol. The van der Waals surface area contributed by atoms with Crippen molar-refractivity contribution in [1.82, 2.24) is 4.72 Å². The van der Waals surface area contributed by atoms with E-state index in [2.05, 4.69) is 0 Å². The molecule has 114 valence electrons. The summed E-state index contributed by atoms with van der Waals surface area (Å²) in [7, 11) is -2.43. The smallest absolute Gasteiger partial charge is 0.301 e. The van der Waals surface area contributed by atoms with Crippen LogP contribution < -0.4 is 4.72 Å². The Labute approximate surface area is 126 Å². The Kier molecular flexibility index (Phi) is 4.50. The van der Waals surface area contributed by atoms with Crippen molar-refractivity contribution < 1.29 is 22.4 Å². The van der Waals surface area contributed by atoms with Gasteiger partial charge in [-0.25, -0.2) is 13.1 Å². The molecule has 0 bridgehead atoms. The van der Waals surface area contributed by atoms with E-state index in [4.69, 9.17) is 9.15 Å². The zero-order chi connectivity index (χ0) is 15.6. The molecule has 1 amide bonds. The third-order valence-electron chi connectivity index (χ3n) is 2.72. The molecule has 2 aromatic heterocycles. The summed E-state index contributed by atoms with van der Waals surface area (Å²) in [5, 5.41) is 0. The van der Waals surface area contributed by atoms with Gasteiger partial charge in [-0.15, -0.1) is 11.3 Å². The van der Waals surface area contributed by atoms with Crippen molar-refractivity contribution in [2.24, 2.45) is 0 Å². The van der Waals surface area contributed by atoms with Crippen LogP contribution in [0.2, 0.25) is 0 Å².